The summed E-state index contributed by atoms with van der Waals surface area (Å²) in [5, 5.41) is 2.90. The zero-order valence-corrected chi connectivity index (χ0v) is 13.0. The first kappa shape index (κ1) is 15.2. The molecule has 0 fully saturated rings. The van der Waals surface area contributed by atoms with Crippen molar-refractivity contribution in [2.45, 2.75) is 12.3 Å². The Morgan fingerprint density at radius 1 is 1.13 bits per heavy atom. The Kier molecular flexibility index (Phi) is 4.12. The fourth-order valence-corrected chi connectivity index (χ4v) is 2.32. The molecule has 6 heteroatoms. The predicted octanol–water partition coefficient (Wildman–Crippen LogP) is 3.24. The Bertz CT molecular complexity index is 787. The van der Waals surface area contributed by atoms with Crippen LogP contribution in [0.4, 0.5) is 11.4 Å². The Labute approximate surface area is 138 Å². The fraction of sp³-hybridized carbons (Fsp3) is 0.118. The van der Waals surface area contributed by atoms with Gasteiger partial charge in [0.1, 0.15) is 5.38 Å². The van der Waals surface area contributed by atoms with Crippen LogP contribution in [-0.4, -0.2) is 23.0 Å². The Morgan fingerprint density at radius 3 is 2.48 bits per heavy atom. The second-order valence-corrected chi connectivity index (χ2v) is 5.61. The number of fused-ring (bicyclic) bond motifs is 1. The minimum absolute atomic E-state index is 0.0788. The minimum atomic E-state index is -0.837. The van der Waals surface area contributed by atoms with Gasteiger partial charge in [0, 0.05) is 11.3 Å². The van der Waals surface area contributed by atoms with E-state index >= 15 is 0 Å². The molecule has 0 saturated heterocycles. The molecule has 0 spiro atoms. The number of carbonyl (C=O) groups is 2. The molecule has 2 aromatic carbocycles. The number of para-hydroxylation sites is 2. The van der Waals surface area contributed by atoms with E-state index in [1.807, 2.05) is 42.5 Å². The average molecular weight is 329 g/mol. The lowest BCUT2D eigenvalue weighted by atomic mass is 10.1. The molecule has 1 amide bonds. The van der Waals surface area contributed by atoms with E-state index < -0.39 is 11.3 Å². The maximum Gasteiger partial charge on any atom is 0.352 e. The standard InChI is InChI=1S/C17H13ClN2O3/c1-11(18)17(22)23-19-15-13-9-5-6-10-14(13)20(16(15)21)12-7-3-2-4-8-12/h2-11H,1H3/b19-15+. The van der Waals surface area contributed by atoms with Crippen LogP contribution < -0.4 is 4.90 Å². The monoisotopic (exact) mass is 328 g/mol. The van der Waals surface area contributed by atoms with Gasteiger partial charge in [0.25, 0.3) is 5.91 Å². The molecule has 0 saturated carbocycles. The van der Waals surface area contributed by atoms with Crippen molar-refractivity contribution < 1.29 is 14.4 Å². The number of carbonyl (C=O) groups excluding carboxylic acids is 2. The van der Waals surface area contributed by atoms with Crippen LogP contribution in [-0.2, 0) is 14.4 Å². The molecule has 0 aliphatic carbocycles. The number of anilines is 2. The summed E-state index contributed by atoms with van der Waals surface area (Å²) < 4.78 is 0. The van der Waals surface area contributed by atoms with Gasteiger partial charge in [-0.1, -0.05) is 41.6 Å². The fourth-order valence-electron chi connectivity index (χ4n) is 2.28. The van der Waals surface area contributed by atoms with Crippen molar-refractivity contribution in [1.82, 2.24) is 0 Å². The van der Waals surface area contributed by atoms with Crippen LogP contribution in [0.1, 0.15) is 12.5 Å². The highest BCUT2D eigenvalue weighted by atomic mass is 35.5. The number of nitrogens with zero attached hydrogens (tertiary/aromatic N) is 2. The Morgan fingerprint density at radius 2 is 1.78 bits per heavy atom. The van der Waals surface area contributed by atoms with E-state index in [9.17, 15) is 9.59 Å². The first-order valence-electron chi connectivity index (χ1n) is 7.01. The summed E-state index contributed by atoms with van der Waals surface area (Å²) in [6, 6.07) is 16.4. The molecule has 5 nitrogen and oxygen atoms in total. The van der Waals surface area contributed by atoms with Crippen molar-refractivity contribution in [3.05, 3.63) is 60.2 Å². The molecule has 1 aliphatic heterocycles. The summed E-state index contributed by atoms with van der Waals surface area (Å²) in [6.07, 6.45) is 0. The van der Waals surface area contributed by atoms with Gasteiger partial charge in [0.05, 0.1) is 5.69 Å². The summed E-state index contributed by atoms with van der Waals surface area (Å²) in [7, 11) is 0. The van der Waals surface area contributed by atoms with Gasteiger partial charge < -0.3 is 4.84 Å². The van der Waals surface area contributed by atoms with Crippen molar-refractivity contribution in [3.63, 3.8) is 0 Å². The van der Waals surface area contributed by atoms with Crippen molar-refractivity contribution in [1.29, 1.82) is 0 Å². The van der Waals surface area contributed by atoms with E-state index in [0.29, 0.717) is 16.9 Å². The van der Waals surface area contributed by atoms with Crippen molar-refractivity contribution >= 4 is 40.6 Å². The summed E-state index contributed by atoms with van der Waals surface area (Å²) in [5.41, 5.74) is 2.09. The SMILES string of the molecule is CC(Cl)C(=O)O/N=C1/C(=O)N(c2ccccc2)c2ccccc21. The normalized spacial score (nSPS) is 16.3. The number of hydrogen-bond donors (Lipinski definition) is 0. The van der Waals surface area contributed by atoms with Crippen molar-refractivity contribution in [3.8, 4) is 0 Å². The maximum atomic E-state index is 12.7. The van der Waals surface area contributed by atoms with E-state index in [4.69, 9.17) is 16.4 Å². The second-order valence-electron chi connectivity index (χ2n) is 4.96. The number of amides is 1. The van der Waals surface area contributed by atoms with E-state index in [1.165, 1.54) is 11.8 Å². The van der Waals surface area contributed by atoms with Gasteiger partial charge in [0.15, 0.2) is 5.71 Å². The largest absolute Gasteiger partial charge is 0.352 e. The lowest BCUT2D eigenvalue weighted by Crippen LogP contribution is -2.26. The summed E-state index contributed by atoms with van der Waals surface area (Å²) in [5.74, 6) is -1.06. The van der Waals surface area contributed by atoms with Crippen molar-refractivity contribution in [2.75, 3.05) is 4.90 Å². The van der Waals surface area contributed by atoms with Crippen LogP contribution in [0.5, 0.6) is 0 Å². The number of hydrogen-bond acceptors (Lipinski definition) is 4. The lowest BCUT2D eigenvalue weighted by Gasteiger charge is -2.16. The quantitative estimate of drug-likeness (QED) is 0.494. The van der Waals surface area contributed by atoms with E-state index in [-0.39, 0.29) is 11.6 Å². The third-order valence-corrected chi connectivity index (χ3v) is 3.55. The van der Waals surface area contributed by atoms with Crippen LogP contribution in [0.2, 0.25) is 0 Å². The highest BCUT2D eigenvalue weighted by Crippen LogP contribution is 2.35. The van der Waals surface area contributed by atoms with Crippen LogP contribution in [0.15, 0.2) is 59.8 Å². The first-order valence-corrected chi connectivity index (χ1v) is 7.45. The smallest absolute Gasteiger partial charge is 0.316 e. The topological polar surface area (TPSA) is 59.0 Å². The molecule has 1 heterocycles. The number of benzene rings is 2. The van der Waals surface area contributed by atoms with Crippen LogP contribution in [0.3, 0.4) is 0 Å². The average Bonchev–Trinajstić information content (AvgIpc) is 2.85. The third kappa shape index (κ3) is 2.83. The zero-order valence-electron chi connectivity index (χ0n) is 12.3. The Hall–Kier alpha value is -2.66. The molecular formula is C17H13ClN2O3. The number of oxime groups is 1. The Balaban J connectivity index is 2.02. The van der Waals surface area contributed by atoms with Gasteiger partial charge in [-0.25, -0.2) is 4.79 Å². The number of halogens is 1. The molecule has 0 aromatic heterocycles. The van der Waals surface area contributed by atoms with E-state index in [1.54, 1.807) is 12.1 Å². The van der Waals surface area contributed by atoms with Gasteiger partial charge in [-0.2, -0.15) is 0 Å². The van der Waals surface area contributed by atoms with Crippen LogP contribution in [0.25, 0.3) is 0 Å². The molecule has 1 unspecified atom stereocenters. The molecule has 116 valence electrons. The predicted molar refractivity (Wildman–Crippen MR) is 88.0 cm³/mol. The van der Waals surface area contributed by atoms with E-state index in [0.717, 1.165) is 0 Å². The molecule has 1 atom stereocenters. The number of rotatable bonds is 3. The highest BCUT2D eigenvalue weighted by Gasteiger charge is 2.35. The summed E-state index contributed by atoms with van der Waals surface area (Å²) >= 11 is 5.64. The first-order chi connectivity index (χ1) is 11.1. The van der Waals surface area contributed by atoms with Gasteiger partial charge in [-0.15, -0.1) is 11.6 Å². The van der Waals surface area contributed by atoms with Gasteiger partial charge in [-0.3, -0.25) is 9.69 Å². The minimum Gasteiger partial charge on any atom is -0.316 e. The van der Waals surface area contributed by atoms with Crippen LogP contribution in [0, 0.1) is 0 Å². The summed E-state index contributed by atoms with van der Waals surface area (Å²) in [6.45, 7) is 1.48. The van der Waals surface area contributed by atoms with Crippen LogP contribution >= 0.6 is 11.6 Å². The summed E-state index contributed by atoms with van der Waals surface area (Å²) in [4.78, 5) is 30.5. The maximum absolute atomic E-state index is 12.7. The molecule has 0 bridgehead atoms. The molecule has 3 rings (SSSR count). The molecule has 23 heavy (non-hydrogen) atoms. The zero-order chi connectivity index (χ0) is 16.4. The lowest BCUT2D eigenvalue weighted by molar-refractivity contribution is -0.142. The molecule has 0 N–H and O–H groups in total. The second kappa shape index (κ2) is 6.22. The molecule has 0 radical (unpaired) electrons. The molecule has 2 aromatic rings. The highest BCUT2D eigenvalue weighted by molar-refractivity contribution is 6.55. The molecule has 1 aliphatic rings. The van der Waals surface area contributed by atoms with Gasteiger partial charge in [0.2, 0.25) is 0 Å². The van der Waals surface area contributed by atoms with Gasteiger partial charge in [-0.05, 0) is 25.1 Å². The van der Waals surface area contributed by atoms with E-state index in [2.05, 4.69) is 5.16 Å². The van der Waals surface area contributed by atoms with Crippen molar-refractivity contribution in [2.24, 2.45) is 5.16 Å². The molecular weight excluding hydrogens is 316 g/mol. The number of alkyl halides is 1. The third-order valence-electron chi connectivity index (χ3n) is 3.37. The van der Waals surface area contributed by atoms with Gasteiger partial charge >= 0.3 is 5.97 Å².